The van der Waals surface area contributed by atoms with E-state index in [0.717, 1.165) is 31.0 Å². The number of esters is 1. The quantitative estimate of drug-likeness (QED) is 0.555. The van der Waals surface area contributed by atoms with Crippen LogP contribution in [0.5, 0.6) is 0 Å². The zero-order valence-electron chi connectivity index (χ0n) is 16.8. The molecule has 2 N–H and O–H groups in total. The summed E-state index contributed by atoms with van der Waals surface area (Å²) in [7, 11) is 0. The van der Waals surface area contributed by atoms with Gasteiger partial charge in [-0.3, -0.25) is 4.79 Å². The summed E-state index contributed by atoms with van der Waals surface area (Å²) in [6.45, 7) is 5.65. The van der Waals surface area contributed by atoms with Gasteiger partial charge in [0.05, 0.1) is 6.04 Å². The molecule has 2 fully saturated rings. The van der Waals surface area contributed by atoms with Crippen molar-refractivity contribution in [2.45, 2.75) is 77.0 Å². The fourth-order valence-electron chi connectivity index (χ4n) is 3.16. The lowest BCUT2D eigenvalue weighted by Crippen LogP contribution is -2.40. The number of hydrogen-bond donors (Lipinski definition) is 2. The third-order valence-corrected chi connectivity index (χ3v) is 4.38. The van der Waals surface area contributed by atoms with Gasteiger partial charge in [0.25, 0.3) is 0 Å². The molecule has 1 aliphatic carbocycles. The van der Waals surface area contributed by atoms with Crippen LogP contribution in [0, 0.1) is 5.92 Å². The van der Waals surface area contributed by atoms with Gasteiger partial charge in [-0.05, 0) is 59.3 Å². The van der Waals surface area contributed by atoms with Gasteiger partial charge in [-0.2, -0.15) is 0 Å². The summed E-state index contributed by atoms with van der Waals surface area (Å²) in [5.41, 5.74) is -0.652. The van der Waals surface area contributed by atoms with Crippen LogP contribution in [-0.2, 0) is 19.1 Å². The number of alkyl carbamates (subject to hydrolysis) is 1. The molecule has 1 aliphatic heterocycles. The lowest BCUT2D eigenvalue weighted by Gasteiger charge is -2.23. The molecule has 2 rings (SSSR count). The van der Waals surface area contributed by atoms with Gasteiger partial charge >= 0.3 is 12.1 Å². The van der Waals surface area contributed by atoms with E-state index in [0.29, 0.717) is 19.4 Å². The monoisotopic (exact) mass is 367 g/mol. The SMILES string of the molecule is [2H]N1CC[C@@H](C[C@@H](C=CC(=O)OC2CCCC2)NC(=O)OC(C)(C)C)C1=O. The predicted molar refractivity (Wildman–Crippen MR) is 96.4 cm³/mol. The maximum atomic E-state index is 12.1. The van der Waals surface area contributed by atoms with Gasteiger partial charge in [0.2, 0.25) is 5.91 Å². The van der Waals surface area contributed by atoms with Crippen LogP contribution >= 0.6 is 0 Å². The Bertz CT molecular complexity index is 581. The Morgan fingerprint density at radius 3 is 2.62 bits per heavy atom. The number of amides is 2. The minimum absolute atomic E-state index is 0.0345. The van der Waals surface area contributed by atoms with Crippen molar-refractivity contribution in [3.8, 4) is 0 Å². The lowest BCUT2D eigenvalue weighted by molar-refractivity contribution is -0.142. The van der Waals surface area contributed by atoms with E-state index in [1.165, 1.54) is 6.08 Å². The van der Waals surface area contributed by atoms with E-state index < -0.39 is 23.7 Å². The van der Waals surface area contributed by atoms with Crippen LogP contribution in [0.25, 0.3) is 0 Å². The molecule has 2 atom stereocenters. The van der Waals surface area contributed by atoms with E-state index in [1.54, 1.807) is 26.8 Å². The molecule has 0 spiro atoms. The van der Waals surface area contributed by atoms with Gasteiger partial charge < -0.3 is 20.1 Å². The van der Waals surface area contributed by atoms with Gasteiger partial charge in [0, 0.05) is 18.5 Å². The highest BCUT2D eigenvalue weighted by molar-refractivity contribution is 5.83. The van der Waals surface area contributed by atoms with Crippen LogP contribution < -0.4 is 10.6 Å². The minimum atomic E-state index is -0.652. The summed E-state index contributed by atoms with van der Waals surface area (Å²) >= 11 is 0. The number of carbonyl (C=O) groups excluding carboxylic acids is 3. The third-order valence-electron chi connectivity index (χ3n) is 4.38. The summed E-state index contributed by atoms with van der Waals surface area (Å²) < 4.78 is 18.2. The second-order valence-corrected chi connectivity index (χ2v) is 7.90. The smallest absolute Gasteiger partial charge is 0.408 e. The molecule has 7 heteroatoms. The van der Waals surface area contributed by atoms with Crippen LogP contribution in [0.2, 0.25) is 1.41 Å². The second kappa shape index (κ2) is 9.05. The molecule has 0 aromatic heterocycles. The molecule has 0 unspecified atom stereocenters. The summed E-state index contributed by atoms with van der Waals surface area (Å²) in [4.78, 5) is 36.1. The largest absolute Gasteiger partial charge is 0.459 e. The maximum absolute atomic E-state index is 12.1. The molecule has 2 aliphatic rings. The number of carbonyl (C=O) groups is 3. The highest BCUT2D eigenvalue weighted by Gasteiger charge is 2.28. The minimum Gasteiger partial charge on any atom is -0.459 e. The van der Waals surface area contributed by atoms with E-state index in [9.17, 15) is 14.4 Å². The second-order valence-electron chi connectivity index (χ2n) is 7.90. The van der Waals surface area contributed by atoms with Crippen molar-refractivity contribution < 1.29 is 25.3 Å². The normalized spacial score (nSPS) is 23.2. The molecule has 0 radical (unpaired) electrons. The maximum Gasteiger partial charge on any atom is 0.408 e. The molecule has 1 saturated carbocycles. The lowest BCUT2D eigenvalue weighted by atomic mass is 9.98. The van der Waals surface area contributed by atoms with Gasteiger partial charge in [-0.25, -0.2) is 9.59 Å². The fraction of sp³-hybridized carbons (Fsp3) is 0.737. The zero-order chi connectivity index (χ0) is 20.0. The highest BCUT2D eigenvalue weighted by atomic mass is 16.6. The van der Waals surface area contributed by atoms with Gasteiger partial charge in [-0.1, -0.05) is 6.08 Å². The Morgan fingerprint density at radius 2 is 2.04 bits per heavy atom. The molecule has 2 amide bonds. The predicted octanol–water partition coefficient (Wildman–Crippen LogP) is 2.45. The Hall–Kier alpha value is -2.05. The van der Waals surface area contributed by atoms with Crippen molar-refractivity contribution >= 4 is 18.0 Å². The van der Waals surface area contributed by atoms with E-state index in [1.807, 2.05) is 0 Å². The van der Waals surface area contributed by atoms with Crippen LogP contribution in [0.4, 0.5) is 4.79 Å². The average molecular weight is 367 g/mol. The molecule has 0 bridgehead atoms. The average Bonchev–Trinajstić information content (AvgIpc) is 3.16. The molecule has 146 valence electrons. The summed E-state index contributed by atoms with van der Waals surface area (Å²) in [5, 5.41) is 3.63. The number of hydrogen-bond acceptors (Lipinski definition) is 5. The van der Waals surface area contributed by atoms with Crippen molar-refractivity contribution in [2.24, 2.45) is 5.92 Å². The first-order valence-corrected chi connectivity index (χ1v) is 9.32. The molecular formula is C19H30N2O5. The first-order valence-electron chi connectivity index (χ1n) is 9.77. The molecule has 1 saturated heterocycles. The van der Waals surface area contributed by atoms with Crippen molar-refractivity contribution in [2.75, 3.05) is 6.54 Å². The Morgan fingerprint density at radius 1 is 1.35 bits per heavy atom. The van der Waals surface area contributed by atoms with Gasteiger partial charge in [-0.15, -0.1) is 0 Å². The molecule has 26 heavy (non-hydrogen) atoms. The first-order chi connectivity index (χ1) is 12.6. The van der Waals surface area contributed by atoms with Crippen LogP contribution in [0.3, 0.4) is 0 Å². The van der Waals surface area contributed by atoms with E-state index in [-0.39, 0.29) is 17.9 Å². The molecule has 1 heterocycles. The van der Waals surface area contributed by atoms with E-state index >= 15 is 0 Å². The van der Waals surface area contributed by atoms with Crippen LogP contribution in [-0.4, -0.2) is 42.3 Å². The van der Waals surface area contributed by atoms with Gasteiger partial charge in [0.15, 0.2) is 1.41 Å². The number of rotatable bonds is 6. The third kappa shape index (κ3) is 7.06. The van der Waals surface area contributed by atoms with E-state index in [4.69, 9.17) is 10.9 Å². The summed E-state index contributed by atoms with van der Waals surface area (Å²) in [6.07, 6.45) is 6.96. The number of nitrogens with one attached hydrogen (secondary N) is 2. The Kier molecular flexibility index (Phi) is 6.52. The number of ether oxygens (including phenoxy) is 2. The van der Waals surface area contributed by atoms with Crippen molar-refractivity contribution in [3.05, 3.63) is 12.2 Å². The molecular weight excluding hydrogens is 336 g/mol. The standard InChI is InChI=1S/C19H30N2O5/c1-19(2,3)26-18(24)21-14(12-13-10-11-20-17(13)23)8-9-16(22)25-15-6-4-5-7-15/h8-9,13-15H,4-7,10-12H2,1-3H3,(H,20,23)(H,21,24)/t13-,14+/m0/s1/i/hD. The highest BCUT2D eigenvalue weighted by Crippen LogP contribution is 2.21. The van der Waals surface area contributed by atoms with Crippen molar-refractivity contribution in [3.63, 3.8) is 0 Å². The van der Waals surface area contributed by atoms with Crippen LogP contribution in [0.15, 0.2) is 12.2 Å². The molecule has 0 aromatic rings. The van der Waals surface area contributed by atoms with Crippen molar-refractivity contribution in [1.82, 2.24) is 10.6 Å². The summed E-state index contributed by atoms with van der Waals surface area (Å²) in [5.74, 6) is -1.08. The zero-order valence-corrected chi connectivity index (χ0v) is 15.8. The Balaban J connectivity index is 1.97. The van der Waals surface area contributed by atoms with Crippen LogP contribution in [0.1, 0.15) is 59.3 Å². The van der Waals surface area contributed by atoms with Crippen molar-refractivity contribution in [1.29, 1.82) is 0 Å². The first kappa shape index (κ1) is 18.7. The topological polar surface area (TPSA) is 93.7 Å². The fourth-order valence-corrected chi connectivity index (χ4v) is 3.16. The molecule has 0 aromatic carbocycles. The molecule has 7 nitrogen and oxygen atoms in total. The van der Waals surface area contributed by atoms with E-state index in [2.05, 4.69) is 5.32 Å². The Labute approximate surface area is 156 Å². The summed E-state index contributed by atoms with van der Waals surface area (Å²) in [6, 6.07) is -0.559. The van der Waals surface area contributed by atoms with Gasteiger partial charge in [0.1, 0.15) is 11.7 Å².